The Morgan fingerprint density at radius 2 is 1.87 bits per heavy atom. The molecule has 2 aromatic heterocycles. The molecule has 1 saturated carbocycles. The number of likely N-dealkylation sites (tertiary alicyclic amines) is 1. The lowest BCUT2D eigenvalue weighted by molar-refractivity contribution is 0.148. The van der Waals surface area contributed by atoms with Crippen LogP contribution < -0.4 is 10.2 Å². The Hall–Kier alpha value is -3.13. The van der Waals surface area contributed by atoms with Crippen LogP contribution in [0, 0.1) is 6.92 Å². The van der Waals surface area contributed by atoms with Crippen LogP contribution in [0.1, 0.15) is 49.1 Å². The maximum atomic E-state index is 9.96. The summed E-state index contributed by atoms with van der Waals surface area (Å²) in [7, 11) is 0. The first kappa shape index (κ1) is 24.9. The second kappa shape index (κ2) is 10.1. The summed E-state index contributed by atoms with van der Waals surface area (Å²) in [5.74, 6) is 1.19. The van der Waals surface area contributed by atoms with E-state index in [2.05, 4.69) is 68.4 Å². The van der Waals surface area contributed by atoms with Crippen molar-refractivity contribution in [3.63, 3.8) is 0 Å². The second-order valence-electron chi connectivity index (χ2n) is 11.5. The highest BCUT2D eigenvalue weighted by atomic mass is 35.5. The molecule has 4 heterocycles. The molecule has 3 fully saturated rings. The van der Waals surface area contributed by atoms with E-state index < -0.39 is 0 Å². The van der Waals surface area contributed by atoms with Crippen LogP contribution in [0.4, 0.5) is 17.3 Å². The second-order valence-corrected chi connectivity index (χ2v) is 11.9. The van der Waals surface area contributed by atoms with Gasteiger partial charge in [0.05, 0.1) is 23.0 Å². The Labute approximate surface area is 234 Å². The number of anilines is 3. The lowest BCUT2D eigenvalue weighted by atomic mass is 10.0. The lowest BCUT2D eigenvalue weighted by Crippen LogP contribution is -2.44. The monoisotopic (exact) mass is 542 g/mol. The number of β-amino-alcohol motifs (C(OH)–C–C–N with tert-alkyl or cyclic N) is 1. The Kier molecular flexibility index (Phi) is 6.46. The summed E-state index contributed by atoms with van der Waals surface area (Å²) in [6, 6.07) is 13.8. The molecule has 1 atom stereocenters. The number of nitrogens with one attached hydrogen (secondary N) is 2. The molecule has 39 heavy (non-hydrogen) atoms. The van der Waals surface area contributed by atoms with Crippen LogP contribution in [0.15, 0.2) is 48.8 Å². The average Bonchev–Trinajstić information content (AvgIpc) is 3.58. The van der Waals surface area contributed by atoms with Crippen LogP contribution in [0.5, 0.6) is 0 Å². The minimum absolute atomic E-state index is 0.150. The van der Waals surface area contributed by atoms with Crippen LogP contribution in [0.2, 0.25) is 5.02 Å². The van der Waals surface area contributed by atoms with E-state index in [1.807, 2.05) is 6.20 Å². The number of hydrogen-bond donors (Lipinski definition) is 3. The standard InChI is InChI=1S/C31H35ClN6O/c1-19-2-5-26-27(16-33-29(26)12-19)30-28(32)17-34-31(36-30)35-22-13-21(20-3-4-20)14-24(15-22)37-9-6-23(7-10-37)38-11-8-25(39)18-38/h2,5,12-17,20,23,25,33,39H,3-4,6-11,18H2,1H3,(H,34,35,36)/t25-/m0/s1. The van der Waals surface area contributed by atoms with E-state index in [0.717, 1.165) is 73.3 Å². The number of aromatic amines is 1. The van der Waals surface area contributed by atoms with Crippen LogP contribution in [-0.2, 0) is 0 Å². The predicted octanol–water partition coefficient (Wildman–Crippen LogP) is 6.24. The molecule has 0 unspecified atom stereocenters. The Bertz CT molecular complexity index is 1510. The maximum absolute atomic E-state index is 9.96. The summed E-state index contributed by atoms with van der Waals surface area (Å²) in [6.45, 7) is 6.01. The van der Waals surface area contributed by atoms with Gasteiger partial charge in [-0.05, 0) is 80.3 Å². The van der Waals surface area contributed by atoms with E-state index in [9.17, 15) is 5.11 Å². The number of piperidine rings is 1. The number of hydrogen-bond acceptors (Lipinski definition) is 6. The smallest absolute Gasteiger partial charge is 0.227 e. The van der Waals surface area contributed by atoms with Crippen molar-refractivity contribution in [1.82, 2.24) is 19.9 Å². The number of aromatic nitrogens is 3. The zero-order valence-electron chi connectivity index (χ0n) is 22.3. The van der Waals surface area contributed by atoms with E-state index in [1.165, 1.54) is 29.7 Å². The minimum atomic E-state index is -0.150. The number of nitrogens with zero attached hydrogens (tertiary/aromatic N) is 4. The van der Waals surface area contributed by atoms with Crippen molar-refractivity contribution in [3.8, 4) is 11.3 Å². The van der Waals surface area contributed by atoms with Crippen molar-refractivity contribution in [1.29, 1.82) is 0 Å². The van der Waals surface area contributed by atoms with Gasteiger partial charge in [-0.3, -0.25) is 4.90 Å². The summed E-state index contributed by atoms with van der Waals surface area (Å²) in [5.41, 5.74) is 7.64. The zero-order valence-corrected chi connectivity index (χ0v) is 23.1. The van der Waals surface area contributed by atoms with E-state index in [-0.39, 0.29) is 6.10 Å². The fourth-order valence-corrected chi connectivity index (χ4v) is 6.50. The predicted molar refractivity (Wildman–Crippen MR) is 158 cm³/mol. The third-order valence-electron chi connectivity index (χ3n) is 8.62. The van der Waals surface area contributed by atoms with Gasteiger partial charge in [-0.25, -0.2) is 9.97 Å². The molecular formula is C31H35ClN6O. The number of aryl methyl sites for hydroxylation is 1. The third kappa shape index (κ3) is 5.11. The fourth-order valence-electron chi connectivity index (χ4n) is 6.31. The van der Waals surface area contributed by atoms with Gasteiger partial charge in [-0.2, -0.15) is 0 Å². The van der Waals surface area contributed by atoms with Gasteiger partial charge >= 0.3 is 0 Å². The number of rotatable bonds is 6. The molecule has 3 aliphatic rings. The SMILES string of the molecule is Cc1ccc2c(-c3nc(Nc4cc(C5CC5)cc(N5CCC(N6CC[C@H](O)C6)CC5)c4)ncc3Cl)c[nH]c2c1. The van der Waals surface area contributed by atoms with Crippen molar-refractivity contribution in [2.75, 3.05) is 36.4 Å². The summed E-state index contributed by atoms with van der Waals surface area (Å²) in [5, 5.41) is 15.1. The molecule has 7 rings (SSSR count). The van der Waals surface area contributed by atoms with E-state index in [4.69, 9.17) is 16.6 Å². The van der Waals surface area contributed by atoms with Crippen molar-refractivity contribution in [3.05, 3.63) is 64.9 Å². The number of fused-ring (bicyclic) bond motifs is 1. The summed E-state index contributed by atoms with van der Waals surface area (Å²) >= 11 is 6.60. The van der Waals surface area contributed by atoms with Gasteiger partial charge in [-0.1, -0.05) is 23.7 Å². The molecule has 8 heteroatoms. The van der Waals surface area contributed by atoms with Crippen molar-refractivity contribution in [2.24, 2.45) is 0 Å². The third-order valence-corrected chi connectivity index (χ3v) is 8.90. The molecule has 202 valence electrons. The van der Waals surface area contributed by atoms with Gasteiger partial charge in [0.15, 0.2) is 0 Å². The molecule has 3 N–H and O–H groups in total. The van der Waals surface area contributed by atoms with Gasteiger partial charge in [0.2, 0.25) is 5.95 Å². The first-order valence-corrected chi connectivity index (χ1v) is 14.6. The molecule has 1 aliphatic carbocycles. The Balaban J connectivity index is 1.13. The van der Waals surface area contributed by atoms with Crippen LogP contribution in [0.3, 0.4) is 0 Å². The minimum Gasteiger partial charge on any atom is -0.392 e. The zero-order chi connectivity index (χ0) is 26.5. The van der Waals surface area contributed by atoms with Crippen molar-refractivity contribution < 1.29 is 5.11 Å². The summed E-state index contributed by atoms with van der Waals surface area (Å²) < 4.78 is 0. The highest BCUT2D eigenvalue weighted by Crippen LogP contribution is 2.43. The number of benzene rings is 2. The largest absolute Gasteiger partial charge is 0.392 e. The van der Waals surface area contributed by atoms with Crippen molar-refractivity contribution in [2.45, 2.75) is 57.1 Å². The van der Waals surface area contributed by atoms with E-state index in [1.54, 1.807) is 6.20 Å². The molecule has 0 spiro atoms. The normalized spacial score (nSPS) is 20.7. The molecule has 7 nitrogen and oxygen atoms in total. The number of aliphatic hydroxyl groups is 1. The number of aliphatic hydroxyl groups excluding tert-OH is 1. The summed E-state index contributed by atoms with van der Waals surface area (Å²) in [6.07, 6.45) is 9.20. The average molecular weight is 543 g/mol. The van der Waals surface area contributed by atoms with Crippen LogP contribution in [-0.4, -0.2) is 63.3 Å². The molecule has 2 aromatic carbocycles. The highest BCUT2D eigenvalue weighted by molar-refractivity contribution is 6.33. The first-order valence-electron chi connectivity index (χ1n) is 14.2. The Morgan fingerprint density at radius 3 is 2.64 bits per heavy atom. The quantitative estimate of drug-likeness (QED) is 0.267. The number of halogens is 1. The summed E-state index contributed by atoms with van der Waals surface area (Å²) in [4.78, 5) is 17.7. The van der Waals surface area contributed by atoms with Gasteiger partial charge in [-0.15, -0.1) is 0 Å². The van der Waals surface area contributed by atoms with Gasteiger partial charge < -0.3 is 20.3 Å². The number of H-pyrrole nitrogens is 1. The molecule has 2 saturated heterocycles. The molecule has 0 amide bonds. The molecule has 4 aromatic rings. The van der Waals surface area contributed by atoms with Crippen molar-refractivity contribution >= 4 is 39.8 Å². The van der Waals surface area contributed by atoms with Crippen LogP contribution >= 0.6 is 11.6 Å². The highest BCUT2D eigenvalue weighted by Gasteiger charge is 2.31. The molecule has 0 bridgehead atoms. The topological polar surface area (TPSA) is 80.3 Å². The molecular weight excluding hydrogens is 508 g/mol. The first-order chi connectivity index (χ1) is 19.0. The molecule has 0 radical (unpaired) electrons. The maximum Gasteiger partial charge on any atom is 0.227 e. The van der Waals surface area contributed by atoms with E-state index >= 15 is 0 Å². The molecule has 2 aliphatic heterocycles. The Morgan fingerprint density at radius 1 is 1.03 bits per heavy atom. The van der Waals surface area contributed by atoms with Gasteiger partial charge in [0.25, 0.3) is 0 Å². The van der Waals surface area contributed by atoms with E-state index in [0.29, 0.717) is 22.9 Å². The van der Waals surface area contributed by atoms with Crippen LogP contribution in [0.25, 0.3) is 22.2 Å². The van der Waals surface area contributed by atoms with Gasteiger partial charge in [0.1, 0.15) is 0 Å². The van der Waals surface area contributed by atoms with Gasteiger partial charge in [0, 0.05) is 66.3 Å². The fraction of sp³-hybridized carbons (Fsp3) is 0.419. The lowest BCUT2D eigenvalue weighted by Gasteiger charge is -2.38.